The summed E-state index contributed by atoms with van der Waals surface area (Å²) < 4.78 is 10.4. The summed E-state index contributed by atoms with van der Waals surface area (Å²) >= 11 is 5.99. The van der Waals surface area contributed by atoms with Crippen LogP contribution >= 0.6 is 11.6 Å². The summed E-state index contributed by atoms with van der Waals surface area (Å²) in [6.45, 7) is 1.72. The minimum absolute atomic E-state index is 0.222. The number of carbonyl (C=O) groups is 1. The first-order chi connectivity index (χ1) is 12.5. The van der Waals surface area contributed by atoms with Gasteiger partial charge in [0.1, 0.15) is 0 Å². The molecule has 1 aromatic heterocycles. The van der Waals surface area contributed by atoms with E-state index in [1.807, 2.05) is 0 Å². The molecule has 0 fully saturated rings. The maximum absolute atomic E-state index is 12.6. The highest BCUT2D eigenvalue weighted by atomic mass is 35.5. The Morgan fingerprint density at radius 2 is 1.85 bits per heavy atom. The number of anilines is 1. The fraction of sp³-hybridized carbons (Fsp3) is 0.167. The van der Waals surface area contributed by atoms with Crippen molar-refractivity contribution in [3.05, 3.63) is 58.9 Å². The van der Waals surface area contributed by atoms with E-state index in [0.717, 1.165) is 0 Å². The Kier molecular flexibility index (Phi) is 5.09. The normalized spacial score (nSPS) is 10.5. The molecule has 0 atom stereocenters. The van der Waals surface area contributed by atoms with Gasteiger partial charge in [0.2, 0.25) is 0 Å². The van der Waals surface area contributed by atoms with Gasteiger partial charge in [0.05, 0.1) is 25.6 Å². The lowest BCUT2D eigenvalue weighted by molar-refractivity contribution is 0.102. The lowest BCUT2D eigenvalue weighted by Gasteiger charge is -2.10. The van der Waals surface area contributed by atoms with Crippen LogP contribution in [0.15, 0.2) is 42.5 Å². The molecule has 0 aliphatic heterocycles. The van der Waals surface area contributed by atoms with Gasteiger partial charge in [-0.15, -0.1) is 5.10 Å². The molecule has 3 aromatic rings. The van der Waals surface area contributed by atoms with Crippen LogP contribution in [-0.4, -0.2) is 35.1 Å². The number of hydrogen-bond acceptors (Lipinski definition) is 5. The van der Waals surface area contributed by atoms with E-state index in [-0.39, 0.29) is 11.6 Å². The zero-order valence-corrected chi connectivity index (χ0v) is 15.2. The molecule has 26 heavy (non-hydrogen) atoms. The molecule has 2 aromatic carbocycles. The van der Waals surface area contributed by atoms with Crippen molar-refractivity contribution in [3.63, 3.8) is 0 Å². The van der Waals surface area contributed by atoms with Gasteiger partial charge >= 0.3 is 0 Å². The number of aromatic nitrogens is 3. The Labute approximate surface area is 155 Å². The Morgan fingerprint density at radius 3 is 2.54 bits per heavy atom. The molecule has 1 amide bonds. The van der Waals surface area contributed by atoms with Crippen molar-refractivity contribution < 1.29 is 14.3 Å². The van der Waals surface area contributed by atoms with Crippen molar-refractivity contribution >= 4 is 23.2 Å². The monoisotopic (exact) mass is 372 g/mol. The average Bonchev–Trinajstić information content (AvgIpc) is 3.03. The Hall–Kier alpha value is -3.06. The van der Waals surface area contributed by atoms with Gasteiger partial charge in [0, 0.05) is 16.8 Å². The van der Waals surface area contributed by atoms with Gasteiger partial charge in [0.25, 0.3) is 5.91 Å². The molecule has 8 heteroatoms. The molecule has 134 valence electrons. The number of nitrogens with zero attached hydrogens (tertiary/aromatic N) is 3. The van der Waals surface area contributed by atoms with Crippen molar-refractivity contribution in [1.82, 2.24) is 15.0 Å². The van der Waals surface area contributed by atoms with Gasteiger partial charge in [-0.05, 0) is 37.3 Å². The number of ether oxygens (including phenoxy) is 2. The fourth-order valence-electron chi connectivity index (χ4n) is 2.41. The zero-order chi connectivity index (χ0) is 18.7. The maximum Gasteiger partial charge on any atom is 0.278 e. The Balaban J connectivity index is 1.85. The predicted octanol–water partition coefficient (Wildman–Crippen LogP) is 3.50. The molecule has 0 spiro atoms. The van der Waals surface area contributed by atoms with E-state index in [2.05, 4.69) is 15.5 Å². The Bertz CT molecular complexity index is 955. The third-order valence-corrected chi connectivity index (χ3v) is 3.91. The van der Waals surface area contributed by atoms with Crippen LogP contribution < -0.4 is 14.8 Å². The highest BCUT2D eigenvalue weighted by molar-refractivity contribution is 6.30. The van der Waals surface area contributed by atoms with Crippen LogP contribution in [0.4, 0.5) is 5.69 Å². The molecule has 1 N–H and O–H groups in total. The molecular formula is C18H17ClN4O3. The summed E-state index contributed by atoms with van der Waals surface area (Å²) in [5.74, 6) is 0.723. The standard InChI is InChI=1S/C18H17ClN4O3/c1-11-17(22-23(21-11)14-6-4-5-12(19)9-14)18(24)20-13-7-8-15(25-2)16(10-13)26-3/h4-10H,1-3H3,(H,20,24). The number of nitrogens with one attached hydrogen (secondary N) is 1. The van der Waals surface area contributed by atoms with Crippen LogP contribution in [0.5, 0.6) is 11.5 Å². The van der Waals surface area contributed by atoms with Gasteiger partial charge in [-0.3, -0.25) is 4.79 Å². The molecule has 1 heterocycles. The first kappa shape index (κ1) is 17.8. The van der Waals surface area contributed by atoms with E-state index in [1.165, 1.54) is 11.9 Å². The van der Waals surface area contributed by atoms with Crippen LogP contribution in [0.1, 0.15) is 16.2 Å². The first-order valence-electron chi connectivity index (χ1n) is 7.75. The maximum atomic E-state index is 12.6. The largest absolute Gasteiger partial charge is 0.493 e. The molecule has 3 rings (SSSR count). The van der Waals surface area contributed by atoms with Crippen molar-refractivity contribution in [2.75, 3.05) is 19.5 Å². The summed E-state index contributed by atoms with van der Waals surface area (Å²) in [5.41, 5.74) is 1.96. The quantitative estimate of drug-likeness (QED) is 0.741. The van der Waals surface area contributed by atoms with Gasteiger partial charge in [0.15, 0.2) is 17.2 Å². The van der Waals surface area contributed by atoms with E-state index in [4.69, 9.17) is 21.1 Å². The summed E-state index contributed by atoms with van der Waals surface area (Å²) in [5, 5.41) is 11.9. The molecule has 0 radical (unpaired) electrons. The van der Waals surface area contributed by atoms with Crippen LogP contribution in [0.25, 0.3) is 5.69 Å². The highest BCUT2D eigenvalue weighted by Gasteiger charge is 2.17. The summed E-state index contributed by atoms with van der Waals surface area (Å²) in [7, 11) is 3.08. The topological polar surface area (TPSA) is 78.3 Å². The molecule has 7 nitrogen and oxygen atoms in total. The highest BCUT2D eigenvalue weighted by Crippen LogP contribution is 2.30. The van der Waals surface area contributed by atoms with E-state index >= 15 is 0 Å². The third kappa shape index (κ3) is 3.62. The van der Waals surface area contributed by atoms with Crippen LogP contribution in [0.2, 0.25) is 5.02 Å². The zero-order valence-electron chi connectivity index (χ0n) is 14.5. The minimum atomic E-state index is -0.372. The fourth-order valence-corrected chi connectivity index (χ4v) is 2.59. The number of amides is 1. The SMILES string of the molecule is COc1ccc(NC(=O)c2nn(-c3cccc(Cl)c3)nc2C)cc1OC. The molecule has 0 aliphatic carbocycles. The van der Waals surface area contributed by atoms with Crippen molar-refractivity contribution in [2.45, 2.75) is 6.92 Å². The number of aryl methyl sites for hydroxylation is 1. The van der Waals surface area contributed by atoms with E-state index in [9.17, 15) is 4.79 Å². The number of halogens is 1. The third-order valence-electron chi connectivity index (χ3n) is 3.68. The van der Waals surface area contributed by atoms with Gasteiger partial charge in [-0.1, -0.05) is 17.7 Å². The molecular weight excluding hydrogens is 356 g/mol. The van der Waals surface area contributed by atoms with E-state index < -0.39 is 0 Å². The number of hydrogen-bond donors (Lipinski definition) is 1. The van der Waals surface area contributed by atoms with Crippen molar-refractivity contribution in [1.29, 1.82) is 0 Å². The lowest BCUT2D eigenvalue weighted by atomic mass is 10.2. The molecule has 0 saturated carbocycles. The number of benzene rings is 2. The van der Waals surface area contributed by atoms with Crippen molar-refractivity contribution in [2.24, 2.45) is 0 Å². The number of rotatable bonds is 5. The molecule has 0 bridgehead atoms. The van der Waals surface area contributed by atoms with Crippen LogP contribution in [-0.2, 0) is 0 Å². The number of methoxy groups -OCH3 is 2. The predicted molar refractivity (Wildman–Crippen MR) is 98.6 cm³/mol. The lowest BCUT2D eigenvalue weighted by Crippen LogP contribution is -2.14. The first-order valence-corrected chi connectivity index (χ1v) is 8.13. The molecule has 0 unspecified atom stereocenters. The summed E-state index contributed by atoms with van der Waals surface area (Å²) in [4.78, 5) is 14.0. The van der Waals surface area contributed by atoms with Crippen LogP contribution in [0, 0.1) is 6.92 Å². The number of carbonyl (C=O) groups excluding carboxylic acids is 1. The van der Waals surface area contributed by atoms with Crippen molar-refractivity contribution in [3.8, 4) is 17.2 Å². The van der Waals surface area contributed by atoms with Gasteiger partial charge < -0.3 is 14.8 Å². The van der Waals surface area contributed by atoms with E-state index in [0.29, 0.717) is 33.6 Å². The summed E-state index contributed by atoms with van der Waals surface area (Å²) in [6.07, 6.45) is 0. The average molecular weight is 373 g/mol. The second-order valence-electron chi connectivity index (χ2n) is 5.43. The van der Waals surface area contributed by atoms with Crippen LogP contribution in [0.3, 0.4) is 0 Å². The van der Waals surface area contributed by atoms with E-state index in [1.54, 1.807) is 56.5 Å². The smallest absolute Gasteiger partial charge is 0.278 e. The van der Waals surface area contributed by atoms with Gasteiger partial charge in [-0.2, -0.15) is 9.90 Å². The summed E-state index contributed by atoms with van der Waals surface area (Å²) in [6, 6.07) is 12.2. The Morgan fingerprint density at radius 1 is 1.08 bits per heavy atom. The minimum Gasteiger partial charge on any atom is -0.493 e. The van der Waals surface area contributed by atoms with Gasteiger partial charge in [-0.25, -0.2) is 0 Å². The molecule has 0 aliphatic rings. The molecule has 0 saturated heterocycles. The second kappa shape index (κ2) is 7.45. The second-order valence-corrected chi connectivity index (χ2v) is 5.86.